The van der Waals surface area contributed by atoms with Crippen LogP contribution in [0.5, 0.6) is 5.75 Å². The van der Waals surface area contributed by atoms with Crippen LogP contribution in [0.4, 0.5) is 0 Å². The normalized spacial score (nSPS) is 16.0. The molecule has 0 bridgehead atoms. The summed E-state index contributed by atoms with van der Waals surface area (Å²) in [6.07, 6.45) is 6.38. The van der Waals surface area contributed by atoms with Gasteiger partial charge in [-0.1, -0.05) is 19.3 Å². The van der Waals surface area contributed by atoms with E-state index in [1.807, 2.05) is 0 Å². The van der Waals surface area contributed by atoms with Crippen molar-refractivity contribution in [2.24, 2.45) is 0 Å². The van der Waals surface area contributed by atoms with Crippen LogP contribution in [-0.4, -0.2) is 15.0 Å². The van der Waals surface area contributed by atoms with Crippen molar-refractivity contribution in [3.8, 4) is 5.75 Å². The number of hydrogen-bond acceptors (Lipinski definition) is 3. The first-order chi connectivity index (χ1) is 8.20. The molecular weight excluding hydrogens is 218 g/mol. The Bertz CT molecular complexity index is 419. The number of hydrogen-bond donors (Lipinski definition) is 2. The fraction of sp³-hybridized carbons (Fsp3) is 0.462. The lowest BCUT2D eigenvalue weighted by Gasteiger charge is -2.21. The van der Waals surface area contributed by atoms with Gasteiger partial charge in [-0.05, 0) is 18.8 Å². The van der Waals surface area contributed by atoms with Crippen molar-refractivity contribution in [2.75, 3.05) is 0 Å². The van der Waals surface area contributed by atoms with Gasteiger partial charge in [0.05, 0.1) is 11.8 Å². The molecule has 0 atom stereocenters. The number of aromatic nitrogens is 1. The van der Waals surface area contributed by atoms with E-state index in [4.69, 9.17) is 0 Å². The van der Waals surface area contributed by atoms with E-state index >= 15 is 0 Å². The topological polar surface area (TPSA) is 62.5 Å². The van der Waals surface area contributed by atoms with Gasteiger partial charge in [0, 0.05) is 6.07 Å². The summed E-state index contributed by atoms with van der Waals surface area (Å²) in [4.78, 5) is 11.6. The summed E-state index contributed by atoms with van der Waals surface area (Å²) < 4.78 is 0.545. The zero-order chi connectivity index (χ0) is 12.8. The summed E-state index contributed by atoms with van der Waals surface area (Å²) in [6, 6.07) is 1.37. The van der Waals surface area contributed by atoms with E-state index in [0.29, 0.717) is 10.3 Å². The second-order valence-electron chi connectivity index (χ2n) is 4.10. The fourth-order valence-corrected chi connectivity index (χ4v) is 2.31. The van der Waals surface area contributed by atoms with Gasteiger partial charge < -0.3 is 10.3 Å². The van der Waals surface area contributed by atoms with Crippen LogP contribution in [0, 0.1) is 0 Å². The predicted octanol–water partition coefficient (Wildman–Crippen LogP) is 2.64. The molecule has 0 amide bonds. The zero-order valence-corrected chi connectivity index (χ0v) is 9.93. The molecule has 0 saturated heterocycles. The van der Waals surface area contributed by atoms with Gasteiger partial charge in [-0.3, -0.25) is 4.79 Å². The number of rotatable bonds is 1. The maximum absolute atomic E-state index is 11.6. The van der Waals surface area contributed by atoms with Crippen LogP contribution >= 0.6 is 0 Å². The molecule has 1 aromatic rings. The second kappa shape index (κ2) is 6.13. The van der Waals surface area contributed by atoms with Crippen LogP contribution in [0.2, 0.25) is 0 Å². The molecular formula is C13H19NO3. The Morgan fingerprint density at radius 1 is 1.24 bits per heavy atom. The van der Waals surface area contributed by atoms with Crippen molar-refractivity contribution in [3.05, 3.63) is 41.3 Å². The molecule has 0 aromatic carbocycles. The Morgan fingerprint density at radius 3 is 2.41 bits per heavy atom. The highest BCUT2D eigenvalue weighted by Crippen LogP contribution is 2.34. The van der Waals surface area contributed by atoms with E-state index in [2.05, 4.69) is 13.2 Å². The van der Waals surface area contributed by atoms with Crippen LogP contribution in [-0.2, 0) is 0 Å². The Morgan fingerprint density at radius 2 is 1.82 bits per heavy atom. The summed E-state index contributed by atoms with van der Waals surface area (Å²) in [5, 5.41) is 18.9. The second-order valence-corrected chi connectivity index (χ2v) is 4.10. The van der Waals surface area contributed by atoms with Crippen molar-refractivity contribution in [3.63, 3.8) is 0 Å². The molecule has 1 fully saturated rings. The van der Waals surface area contributed by atoms with Gasteiger partial charge in [0.25, 0.3) is 5.56 Å². The molecule has 17 heavy (non-hydrogen) atoms. The molecule has 0 unspecified atom stereocenters. The van der Waals surface area contributed by atoms with E-state index in [-0.39, 0.29) is 11.7 Å². The van der Waals surface area contributed by atoms with E-state index in [9.17, 15) is 15.1 Å². The SMILES string of the molecule is C=C.O=c1c(C2CCCCC2)c(O)ccn1O. The monoisotopic (exact) mass is 237 g/mol. The third-order valence-electron chi connectivity index (χ3n) is 3.10. The molecule has 1 saturated carbocycles. The number of nitrogens with zero attached hydrogens (tertiary/aromatic N) is 1. The molecule has 4 nitrogen and oxygen atoms in total. The van der Waals surface area contributed by atoms with Crippen LogP contribution in [0.15, 0.2) is 30.2 Å². The third-order valence-corrected chi connectivity index (χ3v) is 3.10. The highest BCUT2D eigenvalue weighted by molar-refractivity contribution is 5.32. The highest BCUT2D eigenvalue weighted by Gasteiger charge is 2.22. The Kier molecular flexibility index (Phi) is 4.82. The summed E-state index contributed by atoms with van der Waals surface area (Å²) in [6.45, 7) is 6.00. The van der Waals surface area contributed by atoms with Crippen molar-refractivity contribution in [1.29, 1.82) is 0 Å². The van der Waals surface area contributed by atoms with Gasteiger partial charge >= 0.3 is 0 Å². The molecule has 1 aliphatic rings. The van der Waals surface area contributed by atoms with Gasteiger partial charge in [0.2, 0.25) is 0 Å². The molecule has 0 radical (unpaired) electrons. The highest BCUT2D eigenvalue weighted by atomic mass is 16.5. The van der Waals surface area contributed by atoms with Crippen molar-refractivity contribution in [2.45, 2.75) is 38.0 Å². The van der Waals surface area contributed by atoms with Gasteiger partial charge in [0.1, 0.15) is 5.75 Å². The molecule has 1 aliphatic carbocycles. The van der Waals surface area contributed by atoms with Gasteiger partial charge in [-0.2, -0.15) is 4.73 Å². The molecule has 4 heteroatoms. The Balaban J connectivity index is 0.000000686. The van der Waals surface area contributed by atoms with Crippen LogP contribution in [0.1, 0.15) is 43.6 Å². The Labute approximate surface area is 101 Å². The number of pyridine rings is 1. The quantitative estimate of drug-likeness (QED) is 0.583. The summed E-state index contributed by atoms with van der Waals surface area (Å²) in [5.41, 5.74) is -0.110. The predicted molar refractivity (Wildman–Crippen MR) is 66.6 cm³/mol. The van der Waals surface area contributed by atoms with Gasteiger partial charge in [0.15, 0.2) is 0 Å². The largest absolute Gasteiger partial charge is 0.507 e. The average Bonchev–Trinajstić information content (AvgIpc) is 2.38. The fourth-order valence-electron chi connectivity index (χ4n) is 2.31. The molecule has 0 aliphatic heterocycles. The minimum absolute atomic E-state index is 0.0113. The van der Waals surface area contributed by atoms with E-state index in [1.165, 1.54) is 18.7 Å². The van der Waals surface area contributed by atoms with Crippen LogP contribution < -0.4 is 5.56 Å². The molecule has 0 spiro atoms. The Hall–Kier alpha value is -1.71. The molecule has 2 rings (SSSR count). The minimum atomic E-state index is -0.484. The van der Waals surface area contributed by atoms with E-state index < -0.39 is 5.56 Å². The molecule has 1 heterocycles. The summed E-state index contributed by atoms with van der Waals surface area (Å²) >= 11 is 0. The first-order valence-corrected chi connectivity index (χ1v) is 5.84. The first-order valence-electron chi connectivity index (χ1n) is 5.84. The lowest BCUT2D eigenvalue weighted by atomic mass is 9.84. The third kappa shape index (κ3) is 2.90. The van der Waals surface area contributed by atoms with Gasteiger partial charge in [-0.25, -0.2) is 0 Å². The van der Waals surface area contributed by atoms with Crippen LogP contribution in [0.25, 0.3) is 0 Å². The van der Waals surface area contributed by atoms with E-state index in [0.717, 1.165) is 25.7 Å². The maximum atomic E-state index is 11.6. The standard InChI is InChI=1S/C11H15NO3.C2H4/c13-9-6-7-12(15)11(14)10(9)8-4-2-1-3-5-8;1-2/h6-8,13,15H,1-5H2;1-2H2. The zero-order valence-electron chi connectivity index (χ0n) is 9.93. The molecule has 2 N–H and O–H groups in total. The summed E-state index contributed by atoms with van der Waals surface area (Å²) in [7, 11) is 0. The lowest BCUT2D eigenvalue weighted by Crippen LogP contribution is -2.24. The smallest absolute Gasteiger partial charge is 0.290 e. The molecule has 94 valence electrons. The lowest BCUT2D eigenvalue weighted by molar-refractivity contribution is 0.171. The van der Waals surface area contributed by atoms with Crippen molar-refractivity contribution >= 4 is 0 Å². The van der Waals surface area contributed by atoms with Crippen molar-refractivity contribution in [1.82, 2.24) is 4.73 Å². The van der Waals surface area contributed by atoms with Crippen LogP contribution in [0.3, 0.4) is 0 Å². The summed E-state index contributed by atoms with van der Waals surface area (Å²) in [5.74, 6) is 0.114. The van der Waals surface area contributed by atoms with E-state index in [1.54, 1.807) is 0 Å². The maximum Gasteiger partial charge on any atom is 0.290 e. The molecule has 1 aromatic heterocycles. The van der Waals surface area contributed by atoms with Crippen molar-refractivity contribution < 1.29 is 10.3 Å². The van der Waals surface area contributed by atoms with Gasteiger partial charge in [-0.15, -0.1) is 13.2 Å². The number of aromatic hydroxyl groups is 1. The average molecular weight is 237 g/mol. The first kappa shape index (κ1) is 13.4. The minimum Gasteiger partial charge on any atom is -0.507 e.